The zero-order chi connectivity index (χ0) is 13.6. The summed E-state index contributed by atoms with van der Waals surface area (Å²) in [4.78, 5) is 10.8. The number of likely N-dealkylation sites (N-methyl/N-ethyl adjacent to an activating group) is 2. The van der Waals surface area contributed by atoms with E-state index in [1.807, 2.05) is 12.4 Å². The van der Waals surface area contributed by atoms with Gasteiger partial charge in [-0.05, 0) is 33.5 Å². The Balaban J connectivity index is 3.04. The molecule has 4 heteroatoms. The highest BCUT2D eigenvalue weighted by atomic mass is 15.2. The lowest BCUT2D eigenvalue weighted by atomic mass is 9.88. The van der Waals surface area contributed by atoms with Gasteiger partial charge < -0.3 is 5.32 Å². The number of rotatable bonds is 7. The van der Waals surface area contributed by atoms with Gasteiger partial charge in [0.05, 0.1) is 6.04 Å². The van der Waals surface area contributed by atoms with Crippen LogP contribution >= 0.6 is 0 Å². The highest BCUT2D eigenvalue weighted by Gasteiger charge is 2.34. The van der Waals surface area contributed by atoms with Crippen LogP contribution in [-0.2, 0) is 0 Å². The van der Waals surface area contributed by atoms with Crippen LogP contribution in [-0.4, -0.2) is 40.0 Å². The van der Waals surface area contributed by atoms with Crippen molar-refractivity contribution in [3.8, 4) is 0 Å². The second-order valence-electron chi connectivity index (χ2n) is 4.99. The Morgan fingerprint density at radius 3 is 2.17 bits per heavy atom. The minimum absolute atomic E-state index is 0.0320. The molecule has 0 saturated heterocycles. The van der Waals surface area contributed by atoms with Gasteiger partial charge >= 0.3 is 0 Å². The fourth-order valence-electron chi connectivity index (χ4n) is 2.66. The molecule has 1 N–H and O–H groups in total. The van der Waals surface area contributed by atoms with Crippen molar-refractivity contribution in [1.82, 2.24) is 20.2 Å². The molecule has 4 nitrogen and oxygen atoms in total. The van der Waals surface area contributed by atoms with Crippen molar-refractivity contribution in [3.05, 3.63) is 24.3 Å². The van der Waals surface area contributed by atoms with E-state index in [-0.39, 0.29) is 11.6 Å². The third-order valence-corrected chi connectivity index (χ3v) is 3.61. The van der Waals surface area contributed by atoms with Gasteiger partial charge in [-0.3, -0.25) is 4.90 Å². The molecule has 102 valence electrons. The summed E-state index contributed by atoms with van der Waals surface area (Å²) < 4.78 is 0. The van der Waals surface area contributed by atoms with Crippen molar-refractivity contribution >= 4 is 0 Å². The van der Waals surface area contributed by atoms with E-state index in [1.54, 1.807) is 6.33 Å². The molecule has 0 amide bonds. The molecule has 1 aromatic heterocycles. The molecule has 0 aliphatic rings. The Hall–Kier alpha value is -1.00. The third kappa shape index (κ3) is 3.27. The predicted octanol–water partition coefficient (Wildman–Crippen LogP) is 2.25. The molecule has 1 atom stereocenters. The van der Waals surface area contributed by atoms with E-state index in [0.29, 0.717) is 0 Å². The average molecular weight is 250 g/mol. The summed E-state index contributed by atoms with van der Waals surface area (Å²) in [5.41, 5.74) is 1.18. The van der Waals surface area contributed by atoms with Crippen LogP contribution in [0, 0.1) is 0 Å². The predicted molar refractivity (Wildman–Crippen MR) is 75.4 cm³/mol. The molecule has 1 aromatic rings. The van der Waals surface area contributed by atoms with Gasteiger partial charge in [-0.25, -0.2) is 9.97 Å². The monoisotopic (exact) mass is 250 g/mol. The maximum Gasteiger partial charge on any atom is 0.115 e. The SMILES string of the molecule is CCNC(c1cncnc1)C(C)(C)N(CC)CC. The lowest BCUT2D eigenvalue weighted by Gasteiger charge is -2.43. The number of hydrogen-bond acceptors (Lipinski definition) is 4. The van der Waals surface area contributed by atoms with Crippen LogP contribution in [0.1, 0.15) is 46.2 Å². The molecule has 18 heavy (non-hydrogen) atoms. The van der Waals surface area contributed by atoms with E-state index in [4.69, 9.17) is 0 Å². The lowest BCUT2D eigenvalue weighted by molar-refractivity contribution is 0.0916. The van der Waals surface area contributed by atoms with Gasteiger partial charge in [0, 0.05) is 23.5 Å². The topological polar surface area (TPSA) is 41.1 Å². The van der Waals surface area contributed by atoms with E-state index in [2.05, 4.69) is 54.8 Å². The summed E-state index contributed by atoms with van der Waals surface area (Å²) in [6.07, 6.45) is 5.40. The second kappa shape index (κ2) is 6.81. The highest BCUT2D eigenvalue weighted by Crippen LogP contribution is 2.30. The summed E-state index contributed by atoms with van der Waals surface area (Å²) >= 11 is 0. The van der Waals surface area contributed by atoms with E-state index in [1.165, 1.54) is 0 Å². The quantitative estimate of drug-likeness (QED) is 0.806. The van der Waals surface area contributed by atoms with Crippen LogP contribution in [0.5, 0.6) is 0 Å². The molecule has 0 fully saturated rings. The molecular formula is C14H26N4. The Morgan fingerprint density at radius 1 is 1.17 bits per heavy atom. The fraction of sp³-hybridized carbons (Fsp3) is 0.714. The molecule has 0 saturated carbocycles. The van der Waals surface area contributed by atoms with Crippen LogP contribution in [0.3, 0.4) is 0 Å². The molecule has 1 rings (SSSR count). The van der Waals surface area contributed by atoms with Crippen LogP contribution < -0.4 is 5.32 Å². The zero-order valence-electron chi connectivity index (χ0n) is 12.3. The Morgan fingerprint density at radius 2 is 1.72 bits per heavy atom. The Bertz CT molecular complexity index is 333. The third-order valence-electron chi connectivity index (χ3n) is 3.61. The first-order valence-corrected chi connectivity index (χ1v) is 6.81. The van der Waals surface area contributed by atoms with Crippen molar-refractivity contribution < 1.29 is 0 Å². The van der Waals surface area contributed by atoms with Gasteiger partial charge in [-0.15, -0.1) is 0 Å². The van der Waals surface area contributed by atoms with Gasteiger partial charge in [0.15, 0.2) is 0 Å². The minimum Gasteiger partial charge on any atom is -0.309 e. The van der Waals surface area contributed by atoms with Crippen LogP contribution in [0.4, 0.5) is 0 Å². The minimum atomic E-state index is 0.0320. The van der Waals surface area contributed by atoms with E-state index >= 15 is 0 Å². The van der Waals surface area contributed by atoms with Crippen LogP contribution in [0.25, 0.3) is 0 Å². The lowest BCUT2D eigenvalue weighted by Crippen LogP contribution is -2.52. The molecule has 0 spiro atoms. The molecule has 1 heterocycles. The summed E-state index contributed by atoms with van der Waals surface area (Å²) in [7, 11) is 0. The van der Waals surface area contributed by atoms with Crippen molar-refractivity contribution in [2.75, 3.05) is 19.6 Å². The maximum absolute atomic E-state index is 4.14. The fourth-order valence-corrected chi connectivity index (χ4v) is 2.66. The molecular weight excluding hydrogens is 224 g/mol. The first-order valence-electron chi connectivity index (χ1n) is 6.81. The van der Waals surface area contributed by atoms with Gasteiger partial charge in [-0.1, -0.05) is 20.8 Å². The molecule has 0 aliphatic heterocycles. The number of aromatic nitrogens is 2. The molecule has 0 aliphatic carbocycles. The number of nitrogens with one attached hydrogen (secondary N) is 1. The van der Waals surface area contributed by atoms with Crippen molar-refractivity contribution in [1.29, 1.82) is 0 Å². The van der Waals surface area contributed by atoms with E-state index in [9.17, 15) is 0 Å². The first-order chi connectivity index (χ1) is 8.57. The summed E-state index contributed by atoms with van der Waals surface area (Å²) in [5, 5.41) is 3.57. The molecule has 1 unspecified atom stereocenters. The highest BCUT2D eigenvalue weighted by molar-refractivity contribution is 5.15. The first kappa shape index (κ1) is 15.1. The summed E-state index contributed by atoms with van der Waals surface area (Å²) in [6.45, 7) is 14.1. The van der Waals surface area contributed by atoms with Gasteiger partial charge in [0.2, 0.25) is 0 Å². The molecule has 0 radical (unpaired) electrons. The standard InChI is InChI=1S/C14H26N4/c1-6-17-13(12-9-15-11-16-10-12)14(4,5)18(7-2)8-3/h9-11,13,17H,6-8H2,1-5H3. The van der Waals surface area contributed by atoms with E-state index in [0.717, 1.165) is 25.2 Å². The summed E-state index contributed by atoms with van der Waals surface area (Å²) in [5.74, 6) is 0. The van der Waals surface area contributed by atoms with Crippen molar-refractivity contribution in [2.24, 2.45) is 0 Å². The van der Waals surface area contributed by atoms with Gasteiger partial charge in [0.25, 0.3) is 0 Å². The van der Waals surface area contributed by atoms with Crippen LogP contribution in [0.2, 0.25) is 0 Å². The van der Waals surface area contributed by atoms with Gasteiger partial charge in [-0.2, -0.15) is 0 Å². The Labute approximate surface area is 111 Å². The maximum atomic E-state index is 4.14. The second-order valence-corrected chi connectivity index (χ2v) is 4.99. The Kier molecular flexibility index (Phi) is 5.69. The zero-order valence-corrected chi connectivity index (χ0v) is 12.3. The van der Waals surface area contributed by atoms with Crippen molar-refractivity contribution in [2.45, 2.75) is 46.2 Å². The summed E-state index contributed by atoms with van der Waals surface area (Å²) in [6, 6.07) is 0.239. The normalized spacial score (nSPS) is 13.9. The average Bonchev–Trinajstić information content (AvgIpc) is 2.38. The van der Waals surface area contributed by atoms with Crippen LogP contribution in [0.15, 0.2) is 18.7 Å². The molecule has 0 bridgehead atoms. The van der Waals surface area contributed by atoms with Gasteiger partial charge in [0.1, 0.15) is 6.33 Å². The van der Waals surface area contributed by atoms with Crippen molar-refractivity contribution in [3.63, 3.8) is 0 Å². The number of nitrogens with zero attached hydrogens (tertiary/aromatic N) is 3. The van der Waals surface area contributed by atoms with E-state index < -0.39 is 0 Å². The largest absolute Gasteiger partial charge is 0.309 e. The smallest absolute Gasteiger partial charge is 0.115 e. The number of hydrogen-bond donors (Lipinski definition) is 1. The molecule has 0 aromatic carbocycles.